The fourth-order valence-corrected chi connectivity index (χ4v) is 1.65. The van der Waals surface area contributed by atoms with E-state index in [9.17, 15) is 14.9 Å². The van der Waals surface area contributed by atoms with Gasteiger partial charge in [0.15, 0.2) is 12.4 Å². The van der Waals surface area contributed by atoms with Gasteiger partial charge in [-0.1, -0.05) is 0 Å². The molecule has 108 valence electrons. The van der Waals surface area contributed by atoms with Gasteiger partial charge in [0, 0.05) is 12.5 Å². The Labute approximate surface area is 120 Å². The first kappa shape index (κ1) is 14.4. The summed E-state index contributed by atoms with van der Waals surface area (Å²) in [6.45, 7) is 1.27. The van der Waals surface area contributed by atoms with Crippen LogP contribution in [0.1, 0.15) is 16.1 Å². The number of nitrogens with zero attached hydrogens (tertiary/aromatic N) is 2. The van der Waals surface area contributed by atoms with Crippen LogP contribution in [-0.2, 0) is 0 Å². The van der Waals surface area contributed by atoms with Crippen LogP contribution in [0.2, 0.25) is 0 Å². The topological polar surface area (TPSA) is 103 Å². The van der Waals surface area contributed by atoms with Crippen LogP contribution in [0.5, 0.6) is 11.5 Å². The Balaban J connectivity index is 2.11. The van der Waals surface area contributed by atoms with Crippen molar-refractivity contribution in [2.45, 2.75) is 6.92 Å². The van der Waals surface area contributed by atoms with E-state index in [0.29, 0.717) is 11.3 Å². The largest absolute Gasteiger partial charge is 0.508 e. The van der Waals surface area contributed by atoms with Gasteiger partial charge in [-0.3, -0.25) is 4.79 Å². The molecule has 0 bridgehead atoms. The summed E-state index contributed by atoms with van der Waals surface area (Å²) in [4.78, 5) is 25.9. The van der Waals surface area contributed by atoms with E-state index in [-0.39, 0.29) is 23.9 Å². The number of carbonyl (C=O) groups is 1. The van der Waals surface area contributed by atoms with E-state index in [4.69, 9.17) is 9.84 Å². The summed E-state index contributed by atoms with van der Waals surface area (Å²) in [6.07, 6.45) is 0. The van der Waals surface area contributed by atoms with Crippen LogP contribution in [0.25, 0.3) is 0 Å². The van der Waals surface area contributed by atoms with E-state index in [1.807, 2.05) is 0 Å². The summed E-state index contributed by atoms with van der Waals surface area (Å²) in [6, 6.07) is 8.62. The van der Waals surface area contributed by atoms with Gasteiger partial charge < -0.3 is 20.0 Å². The average molecular weight is 288 g/mol. The highest BCUT2D eigenvalue weighted by Gasteiger charge is 2.18. The molecular formula is C14H12N2O5. The predicted octanol–water partition coefficient (Wildman–Crippen LogP) is 2.27. The smallest absolute Gasteiger partial charge is 0.406 e. The maximum absolute atomic E-state index is 11.9. The number of rotatable bonds is 5. The van der Waals surface area contributed by atoms with Gasteiger partial charge in [0.2, 0.25) is 5.75 Å². The van der Waals surface area contributed by atoms with Gasteiger partial charge in [0.05, 0.1) is 0 Å². The SMILES string of the molecule is Cc1ccc(OCC(=O)c2ccc(O)cc2)c([N+](=O)[O-])n1. The molecule has 21 heavy (non-hydrogen) atoms. The molecule has 1 aromatic heterocycles. The molecule has 0 fully saturated rings. The maximum Gasteiger partial charge on any atom is 0.406 e. The van der Waals surface area contributed by atoms with Gasteiger partial charge in [-0.15, -0.1) is 0 Å². The number of carbonyl (C=O) groups excluding carboxylic acids is 1. The Morgan fingerprint density at radius 1 is 1.29 bits per heavy atom. The van der Waals surface area contributed by atoms with Crippen LogP contribution in [0.3, 0.4) is 0 Å². The Bertz CT molecular complexity index is 682. The number of aromatic hydroxyl groups is 1. The molecule has 0 radical (unpaired) electrons. The molecule has 0 amide bonds. The van der Waals surface area contributed by atoms with Gasteiger partial charge in [0.25, 0.3) is 0 Å². The number of pyridine rings is 1. The van der Waals surface area contributed by atoms with Gasteiger partial charge >= 0.3 is 5.82 Å². The molecule has 0 unspecified atom stereocenters. The molecule has 1 N–H and O–H groups in total. The number of benzene rings is 1. The fraction of sp³-hybridized carbons (Fsp3) is 0.143. The van der Waals surface area contributed by atoms with Crippen molar-refractivity contribution in [1.29, 1.82) is 0 Å². The lowest BCUT2D eigenvalue weighted by molar-refractivity contribution is -0.390. The van der Waals surface area contributed by atoms with E-state index >= 15 is 0 Å². The monoisotopic (exact) mass is 288 g/mol. The second-order valence-corrected chi connectivity index (χ2v) is 4.29. The van der Waals surface area contributed by atoms with Crippen molar-refractivity contribution in [2.24, 2.45) is 0 Å². The quantitative estimate of drug-likeness (QED) is 0.514. The molecule has 0 saturated heterocycles. The van der Waals surface area contributed by atoms with Crippen LogP contribution in [-0.4, -0.2) is 27.4 Å². The van der Waals surface area contributed by atoms with Crippen molar-refractivity contribution in [3.05, 3.63) is 57.8 Å². The number of phenolic OH excluding ortho intramolecular Hbond substituents is 1. The van der Waals surface area contributed by atoms with Crippen molar-refractivity contribution >= 4 is 11.6 Å². The standard InChI is InChI=1S/C14H12N2O5/c1-9-2-7-13(14(15-9)16(19)20)21-8-12(18)10-3-5-11(17)6-4-10/h2-7,17H,8H2,1H3. The predicted molar refractivity (Wildman–Crippen MR) is 73.6 cm³/mol. The molecule has 0 aliphatic rings. The van der Waals surface area contributed by atoms with E-state index in [0.717, 1.165) is 0 Å². The summed E-state index contributed by atoms with van der Waals surface area (Å²) < 4.78 is 5.18. The first-order valence-electron chi connectivity index (χ1n) is 6.04. The number of ether oxygens (including phenoxy) is 1. The van der Waals surface area contributed by atoms with Crippen LogP contribution in [0.15, 0.2) is 36.4 Å². The van der Waals surface area contributed by atoms with Gasteiger partial charge in [0.1, 0.15) is 11.4 Å². The van der Waals surface area contributed by atoms with Crippen LogP contribution >= 0.6 is 0 Å². The molecule has 7 heteroatoms. The van der Waals surface area contributed by atoms with Crippen LogP contribution in [0, 0.1) is 17.0 Å². The number of ketones is 1. The summed E-state index contributed by atoms with van der Waals surface area (Å²) in [5, 5.41) is 20.0. The second-order valence-electron chi connectivity index (χ2n) is 4.29. The normalized spacial score (nSPS) is 10.1. The van der Waals surface area contributed by atoms with Crippen molar-refractivity contribution in [3.63, 3.8) is 0 Å². The zero-order valence-electron chi connectivity index (χ0n) is 11.1. The molecule has 7 nitrogen and oxygen atoms in total. The van der Waals surface area contributed by atoms with Crippen LogP contribution < -0.4 is 4.74 Å². The number of Topliss-reactive ketones (excluding diaryl/α,β-unsaturated/α-hetero) is 1. The summed E-state index contributed by atoms with van der Waals surface area (Å²) in [5.41, 5.74) is 0.828. The average Bonchev–Trinajstić information content (AvgIpc) is 2.46. The highest BCUT2D eigenvalue weighted by molar-refractivity contribution is 5.97. The van der Waals surface area contributed by atoms with Gasteiger partial charge in [-0.25, -0.2) is 0 Å². The number of hydrogen-bond donors (Lipinski definition) is 1. The van der Waals surface area contributed by atoms with E-state index in [2.05, 4.69) is 4.98 Å². The Hall–Kier alpha value is -2.96. The molecule has 0 aliphatic heterocycles. The van der Waals surface area contributed by atoms with Crippen molar-refractivity contribution < 1.29 is 19.6 Å². The molecule has 0 aliphatic carbocycles. The van der Waals surface area contributed by atoms with Gasteiger partial charge in [-0.2, -0.15) is 0 Å². The molecule has 0 saturated carbocycles. The molecule has 0 spiro atoms. The van der Waals surface area contributed by atoms with Crippen LogP contribution in [0.4, 0.5) is 5.82 Å². The maximum atomic E-state index is 11.9. The third kappa shape index (κ3) is 3.53. The van der Waals surface area contributed by atoms with E-state index < -0.39 is 10.7 Å². The Kier molecular flexibility index (Phi) is 4.13. The lowest BCUT2D eigenvalue weighted by Crippen LogP contribution is -2.12. The van der Waals surface area contributed by atoms with E-state index in [1.54, 1.807) is 13.0 Å². The minimum absolute atomic E-state index is 0.0471. The number of aromatic nitrogens is 1. The number of hydrogen-bond acceptors (Lipinski definition) is 6. The first-order chi connectivity index (χ1) is 9.97. The summed E-state index contributed by atoms with van der Waals surface area (Å²) in [7, 11) is 0. The van der Waals surface area contributed by atoms with Crippen molar-refractivity contribution in [1.82, 2.24) is 4.98 Å². The molecule has 1 aromatic carbocycles. The molecular weight excluding hydrogens is 276 g/mol. The lowest BCUT2D eigenvalue weighted by atomic mass is 10.1. The molecule has 0 atom stereocenters. The fourth-order valence-electron chi connectivity index (χ4n) is 1.65. The minimum Gasteiger partial charge on any atom is -0.508 e. The highest BCUT2D eigenvalue weighted by Crippen LogP contribution is 2.24. The Morgan fingerprint density at radius 3 is 2.57 bits per heavy atom. The number of nitro groups is 1. The third-order valence-corrected chi connectivity index (χ3v) is 2.70. The zero-order valence-corrected chi connectivity index (χ0v) is 11.1. The highest BCUT2D eigenvalue weighted by atomic mass is 16.6. The van der Waals surface area contributed by atoms with Crippen molar-refractivity contribution in [3.8, 4) is 11.5 Å². The van der Waals surface area contributed by atoms with E-state index in [1.165, 1.54) is 30.3 Å². The molecule has 2 aromatic rings. The summed E-state index contributed by atoms with van der Waals surface area (Å²) >= 11 is 0. The molecule has 1 heterocycles. The molecule has 2 rings (SSSR count). The number of aryl methyl sites for hydroxylation is 1. The Morgan fingerprint density at radius 2 is 1.95 bits per heavy atom. The minimum atomic E-state index is -0.659. The van der Waals surface area contributed by atoms with Gasteiger partial charge in [-0.05, 0) is 46.3 Å². The first-order valence-corrected chi connectivity index (χ1v) is 6.04. The zero-order chi connectivity index (χ0) is 15.4. The van der Waals surface area contributed by atoms with Crippen molar-refractivity contribution in [2.75, 3.05) is 6.61 Å². The third-order valence-electron chi connectivity index (χ3n) is 2.70. The summed E-state index contributed by atoms with van der Waals surface area (Å²) in [5.74, 6) is -0.790. The lowest BCUT2D eigenvalue weighted by Gasteiger charge is -2.06. The number of phenols is 1. The second kappa shape index (κ2) is 6.00.